The van der Waals surface area contributed by atoms with E-state index in [4.69, 9.17) is 14.2 Å². The Morgan fingerprint density at radius 3 is 2.58 bits per heavy atom. The van der Waals surface area contributed by atoms with Crippen molar-refractivity contribution in [1.82, 2.24) is 0 Å². The Morgan fingerprint density at radius 1 is 1.25 bits per heavy atom. The number of benzene rings is 2. The zero-order chi connectivity index (χ0) is 16.9. The third kappa shape index (κ3) is 3.73. The number of carbonyl (C=O) groups excluding carboxylic acids is 1. The molecular weight excluding hydrogens is 306 g/mol. The maximum absolute atomic E-state index is 11.7. The van der Waals surface area contributed by atoms with Crippen molar-refractivity contribution in [3.05, 3.63) is 53.6 Å². The molecule has 5 nitrogen and oxygen atoms in total. The monoisotopic (exact) mass is 323 g/mol. The Bertz CT molecular complexity index is 773. The van der Waals surface area contributed by atoms with Gasteiger partial charge < -0.3 is 14.2 Å². The van der Waals surface area contributed by atoms with Gasteiger partial charge in [-0.25, -0.2) is 4.79 Å². The predicted molar refractivity (Wildman–Crippen MR) is 87.8 cm³/mol. The van der Waals surface area contributed by atoms with E-state index in [1.807, 2.05) is 24.3 Å². The summed E-state index contributed by atoms with van der Waals surface area (Å²) in [6.45, 7) is 3.27. The van der Waals surface area contributed by atoms with E-state index >= 15 is 0 Å². The molecule has 0 aliphatic carbocycles. The molecule has 0 amide bonds. The fourth-order valence-corrected chi connectivity index (χ4v) is 2.27. The van der Waals surface area contributed by atoms with E-state index in [0.29, 0.717) is 36.7 Å². The topological polar surface area (TPSA) is 71.9 Å². The molecule has 0 bridgehead atoms. The molecule has 1 unspecified atom stereocenters. The molecule has 0 N–H and O–H groups in total. The van der Waals surface area contributed by atoms with Crippen molar-refractivity contribution in [2.24, 2.45) is 0 Å². The lowest BCUT2D eigenvalue weighted by Crippen LogP contribution is -2.05. The predicted octanol–water partition coefficient (Wildman–Crippen LogP) is 3.18. The molecule has 2 aromatic carbocycles. The molecule has 3 rings (SSSR count). The van der Waals surface area contributed by atoms with Crippen LogP contribution in [0.5, 0.6) is 5.75 Å². The first-order valence-electron chi connectivity index (χ1n) is 7.77. The highest BCUT2D eigenvalue weighted by Gasteiger charge is 2.23. The summed E-state index contributed by atoms with van der Waals surface area (Å²) in [4.78, 5) is 11.7. The number of nitriles is 1. The summed E-state index contributed by atoms with van der Waals surface area (Å²) in [6.07, 6.45) is 0.129. The zero-order valence-electron chi connectivity index (χ0n) is 13.3. The van der Waals surface area contributed by atoms with Crippen molar-refractivity contribution < 1.29 is 19.0 Å². The van der Waals surface area contributed by atoms with Gasteiger partial charge in [0, 0.05) is 0 Å². The lowest BCUT2D eigenvalue weighted by Gasteiger charge is -2.09. The number of ether oxygens (including phenoxy) is 3. The molecule has 0 saturated carbocycles. The average Bonchev–Trinajstić information content (AvgIpc) is 3.44. The van der Waals surface area contributed by atoms with Crippen molar-refractivity contribution in [3.63, 3.8) is 0 Å². The van der Waals surface area contributed by atoms with Gasteiger partial charge in [0.2, 0.25) is 0 Å². The fourth-order valence-electron chi connectivity index (χ4n) is 2.27. The second kappa shape index (κ2) is 7.16. The number of carbonyl (C=O) groups is 1. The van der Waals surface area contributed by atoms with Crippen LogP contribution in [0.25, 0.3) is 11.1 Å². The first-order valence-corrected chi connectivity index (χ1v) is 7.77. The minimum Gasteiger partial charge on any atom is -0.489 e. The van der Waals surface area contributed by atoms with Crippen LogP contribution in [0.15, 0.2) is 42.5 Å². The average molecular weight is 323 g/mol. The highest BCUT2D eigenvalue weighted by molar-refractivity contribution is 5.90. The van der Waals surface area contributed by atoms with E-state index in [-0.39, 0.29) is 12.1 Å². The molecular formula is C19H17NO4. The maximum Gasteiger partial charge on any atom is 0.338 e. The van der Waals surface area contributed by atoms with Crippen molar-refractivity contribution in [2.45, 2.75) is 13.0 Å². The Morgan fingerprint density at radius 2 is 1.96 bits per heavy atom. The van der Waals surface area contributed by atoms with Gasteiger partial charge in [-0.2, -0.15) is 5.26 Å². The van der Waals surface area contributed by atoms with Gasteiger partial charge in [0.1, 0.15) is 24.5 Å². The summed E-state index contributed by atoms with van der Waals surface area (Å²) in [5, 5.41) is 9.20. The Balaban J connectivity index is 1.81. The summed E-state index contributed by atoms with van der Waals surface area (Å²) in [5.41, 5.74) is 2.84. The number of esters is 1. The second-order valence-corrected chi connectivity index (χ2v) is 5.39. The van der Waals surface area contributed by atoms with Gasteiger partial charge >= 0.3 is 5.97 Å². The maximum atomic E-state index is 11.7. The van der Waals surface area contributed by atoms with E-state index in [1.165, 1.54) is 0 Å². The lowest BCUT2D eigenvalue weighted by molar-refractivity contribution is 0.0526. The Kier molecular flexibility index (Phi) is 4.78. The van der Waals surface area contributed by atoms with Gasteiger partial charge in [0.25, 0.3) is 0 Å². The number of hydrogen-bond acceptors (Lipinski definition) is 5. The smallest absolute Gasteiger partial charge is 0.338 e. The summed E-state index contributed by atoms with van der Waals surface area (Å²) in [5.74, 6) is 0.206. The van der Waals surface area contributed by atoms with Crippen LogP contribution >= 0.6 is 0 Å². The standard InChI is InChI=1S/C19H17NO4/c1-2-22-19(21)14-5-3-13(4-6-14)15-7-8-16(10-20)18(9-15)24-12-17-11-23-17/h3-9,17H,2,11-12H2,1H3. The van der Waals surface area contributed by atoms with E-state index < -0.39 is 0 Å². The number of nitrogens with zero attached hydrogens (tertiary/aromatic N) is 1. The normalized spacial score (nSPS) is 15.4. The number of epoxide rings is 1. The van der Waals surface area contributed by atoms with Crippen molar-refractivity contribution in [3.8, 4) is 22.9 Å². The van der Waals surface area contributed by atoms with Gasteiger partial charge in [-0.15, -0.1) is 0 Å². The van der Waals surface area contributed by atoms with Crippen LogP contribution in [0.3, 0.4) is 0 Å². The molecule has 122 valence electrons. The molecule has 24 heavy (non-hydrogen) atoms. The zero-order valence-corrected chi connectivity index (χ0v) is 13.3. The van der Waals surface area contributed by atoms with Crippen molar-refractivity contribution in [2.75, 3.05) is 19.8 Å². The van der Waals surface area contributed by atoms with Gasteiger partial charge in [-0.05, 0) is 42.3 Å². The molecule has 1 fully saturated rings. The van der Waals surface area contributed by atoms with Crippen molar-refractivity contribution in [1.29, 1.82) is 5.26 Å². The molecule has 2 aromatic rings. The Hall–Kier alpha value is -2.84. The SMILES string of the molecule is CCOC(=O)c1ccc(-c2ccc(C#N)c(OCC3CO3)c2)cc1. The van der Waals surface area contributed by atoms with E-state index in [1.54, 1.807) is 25.1 Å². The number of hydrogen-bond donors (Lipinski definition) is 0. The van der Waals surface area contributed by atoms with Crippen LogP contribution in [0.1, 0.15) is 22.8 Å². The molecule has 0 spiro atoms. The molecule has 0 radical (unpaired) electrons. The summed E-state index contributed by atoms with van der Waals surface area (Å²) in [6, 6.07) is 14.7. The van der Waals surface area contributed by atoms with Crippen LogP contribution in [-0.4, -0.2) is 31.9 Å². The molecule has 0 aromatic heterocycles. The molecule has 5 heteroatoms. The summed E-state index contributed by atoms with van der Waals surface area (Å²) in [7, 11) is 0. The van der Waals surface area contributed by atoms with Crippen LogP contribution in [-0.2, 0) is 9.47 Å². The molecule has 1 atom stereocenters. The molecule has 1 saturated heterocycles. The first-order chi connectivity index (χ1) is 11.7. The highest BCUT2D eigenvalue weighted by Crippen LogP contribution is 2.28. The highest BCUT2D eigenvalue weighted by atomic mass is 16.6. The largest absolute Gasteiger partial charge is 0.489 e. The van der Waals surface area contributed by atoms with Crippen LogP contribution in [0.4, 0.5) is 0 Å². The second-order valence-electron chi connectivity index (χ2n) is 5.39. The fraction of sp³-hybridized carbons (Fsp3) is 0.263. The summed E-state index contributed by atoms with van der Waals surface area (Å²) >= 11 is 0. The van der Waals surface area contributed by atoms with Gasteiger partial charge in [0.15, 0.2) is 0 Å². The first kappa shape index (κ1) is 16.0. The Labute approximate surface area is 140 Å². The molecule has 1 aliphatic heterocycles. The van der Waals surface area contributed by atoms with Crippen LogP contribution in [0, 0.1) is 11.3 Å². The van der Waals surface area contributed by atoms with Gasteiger partial charge in [0.05, 0.1) is 24.3 Å². The third-order valence-electron chi connectivity index (χ3n) is 3.66. The number of rotatable bonds is 6. The van der Waals surface area contributed by atoms with Gasteiger partial charge in [-0.3, -0.25) is 0 Å². The molecule has 1 heterocycles. The van der Waals surface area contributed by atoms with Crippen LogP contribution in [0.2, 0.25) is 0 Å². The van der Waals surface area contributed by atoms with E-state index in [9.17, 15) is 10.1 Å². The third-order valence-corrected chi connectivity index (χ3v) is 3.66. The minimum atomic E-state index is -0.336. The van der Waals surface area contributed by atoms with Crippen LogP contribution < -0.4 is 4.74 Å². The summed E-state index contributed by atoms with van der Waals surface area (Å²) < 4.78 is 15.8. The van der Waals surface area contributed by atoms with E-state index in [0.717, 1.165) is 11.1 Å². The van der Waals surface area contributed by atoms with Gasteiger partial charge in [-0.1, -0.05) is 18.2 Å². The van der Waals surface area contributed by atoms with Crippen molar-refractivity contribution >= 4 is 5.97 Å². The molecule has 1 aliphatic rings. The minimum absolute atomic E-state index is 0.129. The quantitative estimate of drug-likeness (QED) is 0.603. The lowest BCUT2D eigenvalue weighted by atomic mass is 10.0. The van der Waals surface area contributed by atoms with E-state index in [2.05, 4.69) is 6.07 Å².